The Morgan fingerprint density at radius 1 is 1.13 bits per heavy atom. The normalized spacial score (nSPS) is 12.3. The topological polar surface area (TPSA) is 62.5 Å². The molecule has 0 saturated heterocycles. The molecule has 0 aliphatic carbocycles. The predicted molar refractivity (Wildman–Crippen MR) is 132 cm³/mol. The van der Waals surface area contributed by atoms with Gasteiger partial charge in [-0.3, -0.25) is 9.89 Å². The summed E-state index contributed by atoms with van der Waals surface area (Å²) in [6.45, 7) is 4.33. The van der Waals surface area contributed by atoms with Gasteiger partial charge in [-0.1, -0.05) is 6.07 Å². The van der Waals surface area contributed by atoms with Crippen LogP contribution < -0.4 is 14.8 Å². The second kappa shape index (κ2) is 13.4. The SMILES string of the molecule is CCNC(=NCC(c1ccco1)N(C)C)N(C)CCc1ccc(OC)c(OC)c1.I. The van der Waals surface area contributed by atoms with Gasteiger partial charge in [0.2, 0.25) is 0 Å². The first kappa shape index (κ1) is 26.1. The maximum absolute atomic E-state index is 5.59. The Bertz CT molecular complexity index is 766. The summed E-state index contributed by atoms with van der Waals surface area (Å²) < 4.78 is 16.3. The smallest absolute Gasteiger partial charge is 0.193 e. The molecule has 2 rings (SSSR count). The van der Waals surface area contributed by atoms with Crippen LogP contribution in [0.4, 0.5) is 0 Å². The number of hydrogen-bond acceptors (Lipinski definition) is 5. The number of benzene rings is 1. The number of rotatable bonds is 10. The van der Waals surface area contributed by atoms with Crippen molar-refractivity contribution in [1.29, 1.82) is 0 Å². The van der Waals surface area contributed by atoms with Crippen molar-refractivity contribution in [2.45, 2.75) is 19.4 Å². The van der Waals surface area contributed by atoms with Crippen molar-refractivity contribution in [3.05, 3.63) is 47.9 Å². The summed E-state index contributed by atoms with van der Waals surface area (Å²) in [5.74, 6) is 3.29. The zero-order valence-corrected chi connectivity index (χ0v) is 21.2. The lowest BCUT2D eigenvalue weighted by molar-refractivity contribution is 0.264. The van der Waals surface area contributed by atoms with Crippen molar-refractivity contribution in [1.82, 2.24) is 15.1 Å². The minimum absolute atomic E-state index is 0. The molecular formula is C22H35IN4O3. The van der Waals surface area contributed by atoms with Crippen LogP contribution in [0.1, 0.15) is 24.3 Å². The summed E-state index contributed by atoms with van der Waals surface area (Å²) in [5.41, 5.74) is 1.19. The van der Waals surface area contributed by atoms with Gasteiger partial charge in [0.1, 0.15) is 5.76 Å². The number of aliphatic imine (C=N–C) groups is 1. The largest absolute Gasteiger partial charge is 0.493 e. The Kier molecular flexibility index (Phi) is 11.6. The third kappa shape index (κ3) is 7.39. The molecule has 1 aromatic carbocycles. The van der Waals surface area contributed by atoms with Crippen LogP contribution in [-0.4, -0.2) is 70.8 Å². The molecule has 2 aromatic rings. The van der Waals surface area contributed by atoms with Gasteiger partial charge in [0.15, 0.2) is 17.5 Å². The predicted octanol–water partition coefficient (Wildman–Crippen LogP) is 3.66. The molecule has 8 heteroatoms. The van der Waals surface area contributed by atoms with Gasteiger partial charge >= 0.3 is 0 Å². The fraction of sp³-hybridized carbons (Fsp3) is 0.500. The van der Waals surface area contributed by atoms with Gasteiger partial charge in [-0.05, 0) is 57.3 Å². The first-order chi connectivity index (χ1) is 14.0. The molecule has 1 N–H and O–H groups in total. The van der Waals surface area contributed by atoms with Crippen LogP contribution in [-0.2, 0) is 6.42 Å². The molecule has 0 amide bonds. The van der Waals surface area contributed by atoms with Gasteiger partial charge in [-0.2, -0.15) is 0 Å². The highest BCUT2D eigenvalue weighted by Gasteiger charge is 2.17. The van der Waals surface area contributed by atoms with Gasteiger partial charge in [0, 0.05) is 20.1 Å². The molecule has 0 radical (unpaired) electrons. The summed E-state index contributed by atoms with van der Waals surface area (Å²) in [5, 5.41) is 3.38. The summed E-state index contributed by atoms with van der Waals surface area (Å²) in [4.78, 5) is 9.12. The van der Waals surface area contributed by atoms with Crippen LogP contribution in [0.25, 0.3) is 0 Å². The molecule has 30 heavy (non-hydrogen) atoms. The molecule has 0 saturated carbocycles. The Balaban J connectivity index is 0.00000450. The van der Waals surface area contributed by atoms with Crippen molar-refractivity contribution in [3.8, 4) is 11.5 Å². The van der Waals surface area contributed by atoms with Crippen LogP contribution in [0.3, 0.4) is 0 Å². The lowest BCUT2D eigenvalue weighted by Crippen LogP contribution is -2.40. The average molecular weight is 530 g/mol. The van der Waals surface area contributed by atoms with Crippen molar-refractivity contribution < 1.29 is 13.9 Å². The quantitative estimate of drug-likeness (QED) is 0.288. The second-order valence-electron chi connectivity index (χ2n) is 7.05. The van der Waals surface area contributed by atoms with Crippen LogP contribution in [0.2, 0.25) is 0 Å². The summed E-state index contributed by atoms with van der Waals surface area (Å²) in [6.07, 6.45) is 2.58. The van der Waals surface area contributed by atoms with E-state index in [0.29, 0.717) is 6.54 Å². The standard InChI is InChI=1S/C22H34N4O3.HI/c1-7-23-22(24-16-18(25(2)3)19-9-8-14-29-19)26(4)13-12-17-10-11-20(27-5)21(15-17)28-6;/h8-11,14-15,18H,7,12-13,16H2,1-6H3,(H,23,24);1H. The second-order valence-corrected chi connectivity index (χ2v) is 7.05. The van der Waals surface area contributed by atoms with E-state index in [2.05, 4.69) is 35.2 Å². The summed E-state index contributed by atoms with van der Waals surface area (Å²) in [7, 11) is 9.44. The van der Waals surface area contributed by atoms with Gasteiger partial charge in [-0.15, -0.1) is 24.0 Å². The van der Waals surface area contributed by atoms with Crippen molar-refractivity contribution in [2.24, 2.45) is 4.99 Å². The molecule has 1 atom stereocenters. The molecule has 0 fully saturated rings. The molecule has 1 aromatic heterocycles. The van der Waals surface area contributed by atoms with Crippen LogP contribution in [0.15, 0.2) is 46.0 Å². The lowest BCUT2D eigenvalue weighted by atomic mass is 10.1. The number of nitrogens with one attached hydrogen (secondary N) is 1. The number of hydrogen-bond donors (Lipinski definition) is 1. The van der Waals surface area contributed by atoms with Crippen LogP contribution in [0.5, 0.6) is 11.5 Å². The molecule has 0 spiro atoms. The number of furan rings is 1. The molecule has 168 valence electrons. The fourth-order valence-electron chi connectivity index (χ4n) is 3.07. The van der Waals surface area contributed by atoms with E-state index in [1.807, 2.05) is 38.4 Å². The number of halogens is 1. The number of likely N-dealkylation sites (N-methyl/N-ethyl adjacent to an activating group) is 2. The zero-order chi connectivity index (χ0) is 21.2. The Morgan fingerprint density at radius 3 is 2.43 bits per heavy atom. The first-order valence-corrected chi connectivity index (χ1v) is 9.90. The van der Waals surface area contributed by atoms with Gasteiger partial charge in [-0.25, -0.2) is 0 Å². The maximum Gasteiger partial charge on any atom is 0.193 e. The first-order valence-electron chi connectivity index (χ1n) is 9.90. The van der Waals surface area contributed by atoms with Gasteiger partial charge in [0.05, 0.1) is 33.1 Å². The number of guanidine groups is 1. The average Bonchev–Trinajstić information content (AvgIpc) is 3.25. The zero-order valence-electron chi connectivity index (χ0n) is 18.8. The number of ether oxygens (including phenoxy) is 2. The molecule has 1 unspecified atom stereocenters. The van der Waals surface area contributed by atoms with E-state index < -0.39 is 0 Å². The molecular weight excluding hydrogens is 495 g/mol. The Hall–Kier alpha value is -1.94. The van der Waals surface area contributed by atoms with E-state index in [0.717, 1.165) is 42.7 Å². The number of methoxy groups -OCH3 is 2. The molecule has 0 bridgehead atoms. The van der Waals surface area contributed by atoms with E-state index in [1.54, 1.807) is 20.5 Å². The highest BCUT2D eigenvalue weighted by molar-refractivity contribution is 14.0. The molecule has 0 aliphatic heterocycles. The maximum atomic E-state index is 5.59. The minimum atomic E-state index is 0. The van der Waals surface area contributed by atoms with Crippen LogP contribution >= 0.6 is 24.0 Å². The van der Waals surface area contributed by atoms with Crippen molar-refractivity contribution in [3.63, 3.8) is 0 Å². The van der Waals surface area contributed by atoms with Crippen molar-refractivity contribution >= 4 is 29.9 Å². The van der Waals surface area contributed by atoms with E-state index in [4.69, 9.17) is 18.9 Å². The van der Waals surface area contributed by atoms with E-state index in [1.165, 1.54) is 5.56 Å². The third-order valence-corrected chi connectivity index (χ3v) is 4.79. The molecule has 1 heterocycles. The number of nitrogens with zero attached hydrogens (tertiary/aromatic N) is 3. The Labute approximate surface area is 197 Å². The highest BCUT2D eigenvalue weighted by atomic mass is 127. The van der Waals surface area contributed by atoms with Crippen LogP contribution in [0, 0.1) is 0 Å². The minimum Gasteiger partial charge on any atom is -0.493 e. The summed E-state index contributed by atoms with van der Waals surface area (Å²) in [6, 6.07) is 10.0. The van der Waals surface area contributed by atoms with E-state index in [-0.39, 0.29) is 30.0 Å². The summed E-state index contributed by atoms with van der Waals surface area (Å²) >= 11 is 0. The molecule has 0 aliphatic rings. The monoisotopic (exact) mass is 530 g/mol. The molecule has 7 nitrogen and oxygen atoms in total. The van der Waals surface area contributed by atoms with Crippen molar-refractivity contribution in [2.75, 3.05) is 55.0 Å². The van der Waals surface area contributed by atoms with Gasteiger partial charge < -0.3 is 24.1 Å². The van der Waals surface area contributed by atoms with E-state index in [9.17, 15) is 0 Å². The fourth-order valence-corrected chi connectivity index (χ4v) is 3.07. The van der Waals surface area contributed by atoms with E-state index >= 15 is 0 Å². The lowest BCUT2D eigenvalue weighted by Gasteiger charge is -2.25. The Morgan fingerprint density at radius 2 is 1.87 bits per heavy atom. The highest BCUT2D eigenvalue weighted by Crippen LogP contribution is 2.27. The third-order valence-electron chi connectivity index (χ3n) is 4.79. The van der Waals surface area contributed by atoms with Gasteiger partial charge in [0.25, 0.3) is 0 Å².